The molecule has 0 amide bonds. The number of carbonyl (C=O) groups is 2. The van der Waals surface area contributed by atoms with E-state index in [0.717, 1.165) is 0 Å². The van der Waals surface area contributed by atoms with E-state index >= 15 is 0 Å². The number of ether oxygens (including phenoxy) is 9. The number of nitrogens with zero attached hydrogens (tertiary/aromatic N) is 1. The number of hydrogen-bond acceptors (Lipinski definition) is 18. The van der Waals surface area contributed by atoms with Crippen molar-refractivity contribution < 1.29 is 82.9 Å². The Balaban J connectivity index is 1.62. The molecule has 0 aromatic carbocycles. The van der Waals surface area contributed by atoms with E-state index in [1.54, 1.807) is 59.7 Å². The molecule has 370 valence electrons. The third-order valence-corrected chi connectivity index (χ3v) is 13.5. The third-order valence-electron chi connectivity index (χ3n) is 13.5. The lowest BCUT2D eigenvalue weighted by Gasteiger charge is -2.50. The Kier molecular flexibility index (Phi) is 20.8. The molecule has 18 heteroatoms. The minimum atomic E-state index is -1.48. The van der Waals surface area contributed by atoms with Gasteiger partial charge >= 0.3 is 5.97 Å². The Hall–Kier alpha value is -1.98. The fraction of sp³-hybridized carbons (Fsp3) is 0.870. The minimum Gasteiger partial charge on any atom is -0.462 e. The van der Waals surface area contributed by atoms with Crippen LogP contribution in [-0.2, 0) is 52.2 Å². The first-order chi connectivity index (χ1) is 30.1. The molecule has 0 aromatic heterocycles. The molecule has 0 saturated carbocycles. The second-order valence-electron chi connectivity index (χ2n) is 18.9. The number of cyclic esters (lactones) is 1. The fourth-order valence-electron chi connectivity index (χ4n) is 9.60. The van der Waals surface area contributed by atoms with Crippen molar-refractivity contribution in [2.75, 3.05) is 41.5 Å². The Morgan fingerprint density at radius 1 is 0.844 bits per heavy atom. The average molecular weight is 918 g/mol. The van der Waals surface area contributed by atoms with E-state index in [0.29, 0.717) is 12.0 Å². The Bertz CT molecular complexity index is 1530. The van der Waals surface area contributed by atoms with Crippen molar-refractivity contribution in [1.82, 2.24) is 4.90 Å². The molecular weight excluding hydrogens is 838 g/mol. The van der Waals surface area contributed by atoms with E-state index in [1.165, 1.54) is 27.2 Å². The predicted molar refractivity (Wildman–Crippen MR) is 231 cm³/mol. The summed E-state index contributed by atoms with van der Waals surface area (Å²) in [6.45, 7) is 13.5. The summed E-state index contributed by atoms with van der Waals surface area (Å²) in [5.74, 6) is -3.31. The quantitative estimate of drug-likeness (QED) is 0.144. The lowest BCUT2D eigenvalue weighted by atomic mass is 9.79. The van der Waals surface area contributed by atoms with Gasteiger partial charge in [-0.2, -0.15) is 0 Å². The molecule has 4 aliphatic rings. The fourth-order valence-corrected chi connectivity index (χ4v) is 9.60. The standard InChI is InChI=1S/C46H79NO17/c1-13-33-30(22-58-45-42(57-12)41(56-11)37(52)26(5)60-45)18-23(2)14-15-31(49)24(3)19-29(16-17-48)39(25(4)32(50)20-34(51)62-33)64-44-38(53)36(47(9)10)40(27(6)61-44)63-35-21-46(8,55)43(54)28(7)59-35/h14-15,18,24-30,32-33,35-45,48,50,52-55H,13,16-17,19-22H2,1-12H3/b15-14-,23-18+. The lowest BCUT2D eigenvalue weighted by molar-refractivity contribution is -0.342. The normalized spacial score (nSPS) is 46.0. The van der Waals surface area contributed by atoms with Gasteiger partial charge < -0.3 is 78.2 Å². The van der Waals surface area contributed by atoms with Gasteiger partial charge in [0.25, 0.3) is 0 Å². The van der Waals surface area contributed by atoms with Crippen LogP contribution in [0.3, 0.4) is 0 Å². The van der Waals surface area contributed by atoms with Crippen LogP contribution < -0.4 is 0 Å². The Labute approximate surface area is 379 Å². The van der Waals surface area contributed by atoms with Gasteiger partial charge in [-0.1, -0.05) is 38.5 Å². The molecule has 4 aliphatic heterocycles. The summed E-state index contributed by atoms with van der Waals surface area (Å²) >= 11 is 0. The summed E-state index contributed by atoms with van der Waals surface area (Å²) in [7, 11) is 6.47. The van der Waals surface area contributed by atoms with Crippen LogP contribution in [0.5, 0.6) is 0 Å². The van der Waals surface area contributed by atoms with Crippen molar-refractivity contribution in [3.05, 3.63) is 23.8 Å². The molecule has 3 saturated heterocycles. The van der Waals surface area contributed by atoms with Crippen molar-refractivity contribution in [2.24, 2.45) is 23.7 Å². The molecule has 4 heterocycles. The first-order valence-electron chi connectivity index (χ1n) is 22.8. The molecule has 64 heavy (non-hydrogen) atoms. The largest absolute Gasteiger partial charge is 0.462 e. The van der Waals surface area contributed by atoms with Crippen molar-refractivity contribution in [3.63, 3.8) is 0 Å². The zero-order valence-corrected chi connectivity index (χ0v) is 39.9. The van der Waals surface area contributed by atoms with Gasteiger partial charge in [0.2, 0.25) is 0 Å². The highest BCUT2D eigenvalue weighted by Crippen LogP contribution is 2.38. The van der Waals surface area contributed by atoms with Crippen LogP contribution in [0, 0.1) is 23.7 Å². The molecule has 0 bridgehead atoms. The molecule has 3 fully saturated rings. The van der Waals surface area contributed by atoms with E-state index in [4.69, 9.17) is 42.6 Å². The Morgan fingerprint density at radius 2 is 1.50 bits per heavy atom. The number of ketones is 1. The number of esters is 1. The summed E-state index contributed by atoms with van der Waals surface area (Å²) in [6.07, 6.45) is -8.52. The van der Waals surface area contributed by atoms with Crippen molar-refractivity contribution in [1.29, 1.82) is 0 Å². The second-order valence-corrected chi connectivity index (χ2v) is 18.9. The van der Waals surface area contributed by atoms with E-state index in [1.807, 2.05) is 19.9 Å². The monoisotopic (exact) mass is 918 g/mol. The van der Waals surface area contributed by atoms with Gasteiger partial charge in [-0.25, -0.2) is 0 Å². The first-order valence-corrected chi connectivity index (χ1v) is 22.8. The molecular formula is C46H79NO17. The number of methoxy groups -OCH3 is 2. The lowest BCUT2D eigenvalue weighted by Crippen LogP contribution is -2.65. The van der Waals surface area contributed by atoms with Gasteiger partial charge in [0.05, 0.1) is 55.2 Å². The number of carbonyl (C=O) groups excluding carboxylic acids is 2. The Morgan fingerprint density at radius 3 is 2.09 bits per heavy atom. The SMILES string of the molecule is CCC1OC(=O)CC(O)C(C)C(OC2OC(C)C(OC3CC(C)(O)C(O)C(C)O3)C(N(C)C)C2O)C(CCO)CC(C)C(=O)/C=C\C(C)=C\C1COC1OC(C)C(O)C(OC)C1OC. The number of allylic oxidation sites excluding steroid dienone is 3. The molecule has 4 rings (SSSR count). The number of aliphatic hydroxyl groups is 6. The van der Waals surface area contributed by atoms with Crippen LogP contribution in [0.4, 0.5) is 0 Å². The average Bonchev–Trinajstić information content (AvgIpc) is 3.23. The summed E-state index contributed by atoms with van der Waals surface area (Å²) in [5.41, 5.74) is -0.782. The van der Waals surface area contributed by atoms with Gasteiger partial charge in [-0.05, 0) is 80.0 Å². The predicted octanol–water partition coefficient (Wildman–Crippen LogP) is 1.63. The maximum atomic E-state index is 13.8. The number of likely N-dealkylation sites (N-methyl/N-ethyl adjacent to an activating group) is 1. The highest BCUT2D eigenvalue weighted by Gasteiger charge is 2.52. The number of hydrogen-bond donors (Lipinski definition) is 6. The zero-order valence-electron chi connectivity index (χ0n) is 39.9. The van der Waals surface area contributed by atoms with Crippen molar-refractivity contribution in [3.8, 4) is 0 Å². The molecule has 0 radical (unpaired) electrons. The van der Waals surface area contributed by atoms with Gasteiger partial charge in [0, 0.05) is 45.0 Å². The van der Waals surface area contributed by atoms with E-state index < -0.39 is 140 Å². The van der Waals surface area contributed by atoms with Crippen LogP contribution in [-0.4, -0.2) is 193 Å². The highest BCUT2D eigenvalue weighted by atomic mass is 16.7. The van der Waals surface area contributed by atoms with Crippen LogP contribution in [0.25, 0.3) is 0 Å². The van der Waals surface area contributed by atoms with Crippen LogP contribution in [0.2, 0.25) is 0 Å². The van der Waals surface area contributed by atoms with Gasteiger partial charge in [0.1, 0.15) is 42.7 Å². The number of aliphatic hydroxyl groups excluding tert-OH is 5. The highest BCUT2D eigenvalue weighted by molar-refractivity contribution is 5.91. The summed E-state index contributed by atoms with van der Waals surface area (Å²) in [5, 5.41) is 66.2. The summed E-state index contributed by atoms with van der Waals surface area (Å²) in [4.78, 5) is 29.3. The van der Waals surface area contributed by atoms with Gasteiger partial charge in [-0.15, -0.1) is 0 Å². The second kappa shape index (κ2) is 24.3. The van der Waals surface area contributed by atoms with E-state index in [2.05, 4.69) is 0 Å². The van der Waals surface area contributed by atoms with E-state index in [9.17, 15) is 40.2 Å². The maximum absolute atomic E-state index is 13.8. The third kappa shape index (κ3) is 13.6. The van der Waals surface area contributed by atoms with Crippen molar-refractivity contribution in [2.45, 2.75) is 191 Å². The van der Waals surface area contributed by atoms with E-state index in [-0.39, 0.29) is 38.3 Å². The minimum absolute atomic E-state index is 0.00151. The molecule has 6 N–H and O–H groups in total. The molecule has 0 aromatic rings. The molecule has 0 spiro atoms. The molecule has 21 unspecified atom stereocenters. The van der Waals surface area contributed by atoms with Crippen LogP contribution in [0.1, 0.15) is 87.5 Å². The summed E-state index contributed by atoms with van der Waals surface area (Å²) < 4.78 is 54.8. The first kappa shape index (κ1) is 54.6. The topological polar surface area (TPSA) is 242 Å². The molecule has 0 aliphatic carbocycles. The smallest absolute Gasteiger partial charge is 0.308 e. The molecule has 21 atom stereocenters. The van der Waals surface area contributed by atoms with Gasteiger partial charge in [0.15, 0.2) is 24.7 Å². The van der Waals surface area contributed by atoms with Crippen LogP contribution >= 0.6 is 0 Å². The van der Waals surface area contributed by atoms with Crippen molar-refractivity contribution >= 4 is 11.8 Å². The van der Waals surface area contributed by atoms with Gasteiger partial charge in [-0.3, -0.25) is 9.59 Å². The number of rotatable bonds is 13. The molecule has 18 nitrogen and oxygen atoms in total. The maximum Gasteiger partial charge on any atom is 0.308 e. The zero-order chi connectivity index (χ0) is 47.8. The summed E-state index contributed by atoms with van der Waals surface area (Å²) in [6, 6.07) is -0.728. The van der Waals surface area contributed by atoms with Crippen LogP contribution in [0.15, 0.2) is 23.8 Å².